The predicted octanol–water partition coefficient (Wildman–Crippen LogP) is 2.43. The van der Waals surface area contributed by atoms with Gasteiger partial charge in [0.1, 0.15) is 6.29 Å². The Morgan fingerprint density at radius 1 is 1.12 bits per heavy atom. The van der Waals surface area contributed by atoms with Gasteiger partial charge >= 0.3 is 0 Å². The molecule has 0 aliphatic carbocycles. The third kappa shape index (κ3) is 4.05. The number of nitrogens with one attached hydrogen (secondary N) is 1. The van der Waals surface area contributed by atoms with Crippen LogP contribution in [0.5, 0.6) is 0 Å². The fraction of sp³-hybridized carbons (Fsp3) is 0.350. The van der Waals surface area contributed by atoms with Gasteiger partial charge in [0.2, 0.25) is 11.8 Å². The molecule has 130 valence electrons. The molecule has 5 nitrogen and oxygen atoms in total. The van der Waals surface area contributed by atoms with Gasteiger partial charge in [0.15, 0.2) is 0 Å². The Morgan fingerprint density at radius 3 is 2.76 bits per heavy atom. The van der Waals surface area contributed by atoms with Crippen LogP contribution in [0.25, 0.3) is 10.8 Å². The highest BCUT2D eigenvalue weighted by atomic mass is 16.2. The Hall–Kier alpha value is -2.69. The van der Waals surface area contributed by atoms with E-state index in [4.69, 9.17) is 0 Å². The van der Waals surface area contributed by atoms with Gasteiger partial charge in [-0.2, -0.15) is 0 Å². The van der Waals surface area contributed by atoms with Crippen molar-refractivity contribution in [2.24, 2.45) is 0 Å². The fourth-order valence-electron chi connectivity index (χ4n) is 3.34. The standard InChI is InChI=1S/C20H22N2O3/c23-14-17-8-4-12-22(17)20(25)11-10-19(24)21-13-16-7-3-6-15-5-1-2-9-18(15)16/h1-3,5-7,9,14,17H,4,8,10-13H2,(H,21,24)/t17-/m0/s1. The smallest absolute Gasteiger partial charge is 0.223 e. The van der Waals surface area contributed by atoms with E-state index in [1.165, 1.54) is 0 Å². The summed E-state index contributed by atoms with van der Waals surface area (Å²) >= 11 is 0. The quantitative estimate of drug-likeness (QED) is 0.823. The number of likely N-dealkylation sites (tertiary alicyclic amines) is 1. The molecule has 1 heterocycles. The van der Waals surface area contributed by atoms with Crippen LogP contribution in [0, 0.1) is 0 Å². The molecule has 1 atom stereocenters. The first-order valence-electron chi connectivity index (χ1n) is 8.67. The number of benzene rings is 2. The third-order valence-corrected chi connectivity index (χ3v) is 4.70. The Kier molecular flexibility index (Phi) is 5.43. The predicted molar refractivity (Wildman–Crippen MR) is 95.8 cm³/mol. The van der Waals surface area contributed by atoms with Crippen LogP contribution in [0.4, 0.5) is 0 Å². The third-order valence-electron chi connectivity index (χ3n) is 4.70. The lowest BCUT2D eigenvalue weighted by molar-refractivity contribution is -0.136. The molecule has 1 fully saturated rings. The van der Waals surface area contributed by atoms with E-state index in [-0.39, 0.29) is 30.7 Å². The van der Waals surface area contributed by atoms with Crippen molar-refractivity contribution in [1.82, 2.24) is 10.2 Å². The topological polar surface area (TPSA) is 66.5 Å². The normalized spacial score (nSPS) is 16.8. The van der Waals surface area contributed by atoms with Gasteiger partial charge in [0.25, 0.3) is 0 Å². The van der Waals surface area contributed by atoms with Crippen LogP contribution in [-0.2, 0) is 20.9 Å². The second-order valence-electron chi connectivity index (χ2n) is 6.35. The molecule has 1 aliphatic heterocycles. The fourth-order valence-corrected chi connectivity index (χ4v) is 3.34. The molecule has 0 spiro atoms. The lowest BCUT2D eigenvalue weighted by Gasteiger charge is -2.20. The van der Waals surface area contributed by atoms with Gasteiger partial charge < -0.3 is 15.0 Å². The molecular formula is C20H22N2O3. The highest BCUT2D eigenvalue weighted by Gasteiger charge is 2.28. The second kappa shape index (κ2) is 7.92. The molecule has 0 saturated carbocycles. The maximum atomic E-state index is 12.2. The van der Waals surface area contributed by atoms with E-state index in [0.29, 0.717) is 13.1 Å². The molecule has 0 bridgehead atoms. The number of carbonyl (C=O) groups is 3. The van der Waals surface area contributed by atoms with Crippen molar-refractivity contribution in [3.05, 3.63) is 48.0 Å². The zero-order valence-electron chi connectivity index (χ0n) is 14.1. The number of hydrogen-bond acceptors (Lipinski definition) is 3. The zero-order valence-corrected chi connectivity index (χ0v) is 14.1. The van der Waals surface area contributed by atoms with Crippen molar-refractivity contribution in [2.75, 3.05) is 6.54 Å². The first kappa shape index (κ1) is 17.1. The van der Waals surface area contributed by atoms with Gasteiger partial charge in [0, 0.05) is 25.9 Å². The molecule has 1 aliphatic rings. The van der Waals surface area contributed by atoms with Crippen molar-refractivity contribution >= 4 is 28.9 Å². The average molecular weight is 338 g/mol. The number of amides is 2. The van der Waals surface area contributed by atoms with E-state index >= 15 is 0 Å². The molecule has 1 N–H and O–H groups in total. The lowest BCUT2D eigenvalue weighted by atomic mass is 10.0. The van der Waals surface area contributed by atoms with Crippen molar-refractivity contribution < 1.29 is 14.4 Å². The van der Waals surface area contributed by atoms with E-state index in [2.05, 4.69) is 5.32 Å². The van der Waals surface area contributed by atoms with Crippen LogP contribution >= 0.6 is 0 Å². The van der Waals surface area contributed by atoms with Gasteiger partial charge in [-0.25, -0.2) is 0 Å². The van der Waals surface area contributed by atoms with E-state index < -0.39 is 0 Å². The summed E-state index contributed by atoms with van der Waals surface area (Å²) in [5.41, 5.74) is 1.05. The van der Waals surface area contributed by atoms with Gasteiger partial charge in [-0.05, 0) is 29.2 Å². The number of carbonyl (C=O) groups excluding carboxylic acids is 3. The van der Waals surface area contributed by atoms with E-state index in [1.54, 1.807) is 4.90 Å². The molecule has 0 unspecified atom stereocenters. The Labute approximate surface area is 147 Å². The number of hydrogen-bond donors (Lipinski definition) is 1. The maximum Gasteiger partial charge on any atom is 0.223 e. The Bertz CT molecular complexity index is 782. The summed E-state index contributed by atoms with van der Waals surface area (Å²) < 4.78 is 0. The van der Waals surface area contributed by atoms with Crippen LogP contribution in [0.3, 0.4) is 0 Å². The van der Waals surface area contributed by atoms with Gasteiger partial charge in [-0.3, -0.25) is 9.59 Å². The second-order valence-corrected chi connectivity index (χ2v) is 6.35. The summed E-state index contributed by atoms with van der Waals surface area (Å²) in [6.07, 6.45) is 2.69. The highest BCUT2D eigenvalue weighted by molar-refractivity contribution is 5.87. The molecule has 3 rings (SSSR count). The molecule has 2 amide bonds. The molecule has 2 aromatic carbocycles. The SMILES string of the molecule is O=C[C@@H]1CCCN1C(=O)CCC(=O)NCc1cccc2ccccc12. The first-order valence-corrected chi connectivity index (χ1v) is 8.67. The molecule has 25 heavy (non-hydrogen) atoms. The summed E-state index contributed by atoms with van der Waals surface area (Å²) in [6.45, 7) is 1.05. The maximum absolute atomic E-state index is 12.2. The monoisotopic (exact) mass is 338 g/mol. The number of rotatable bonds is 6. The van der Waals surface area contributed by atoms with E-state index in [1.807, 2.05) is 42.5 Å². The molecule has 2 aromatic rings. The minimum absolute atomic E-state index is 0.116. The summed E-state index contributed by atoms with van der Waals surface area (Å²) in [5, 5.41) is 5.14. The van der Waals surface area contributed by atoms with Crippen LogP contribution in [-0.4, -0.2) is 35.6 Å². The molecule has 1 saturated heterocycles. The highest BCUT2D eigenvalue weighted by Crippen LogP contribution is 2.19. The molecular weight excluding hydrogens is 316 g/mol. The summed E-state index contributed by atoms with van der Waals surface area (Å²) in [7, 11) is 0. The number of fused-ring (bicyclic) bond motifs is 1. The van der Waals surface area contributed by atoms with Crippen molar-refractivity contribution in [1.29, 1.82) is 0 Å². The summed E-state index contributed by atoms with van der Waals surface area (Å²) in [4.78, 5) is 36.8. The summed E-state index contributed by atoms with van der Waals surface area (Å²) in [6, 6.07) is 13.7. The Balaban J connectivity index is 1.51. The van der Waals surface area contributed by atoms with Crippen LogP contribution in [0.2, 0.25) is 0 Å². The van der Waals surface area contributed by atoms with Crippen LogP contribution in [0.15, 0.2) is 42.5 Å². The molecule has 5 heteroatoms. The first-order chi connectivity index (χ1) is 12.2. The zero-order chi connectivity index (χ0) is 17.6. The van der Waals surface area contributed by atoms with Crippen molar-refractivity contribution in [3.8, 4) is 0 Å². The van der Waals surface area contributed by atoms with E-state index in [9.17, 15) is 14.4 Å². The largest absolute Gasteiger partial charge is 0.352 e. The number of aldehydes is 1. The van der Waals surface area contributed by atoms with Gasteiger partial charge in [0.05, 0.1) is 6.04 Å². The minimum Gasteiger partial charge on any atom is -0.352 e. The summed E-state index contributed by atoms with van der Waals surface area (Å²) in [5.74, 6) is -0.266. The lowest BCUT2D eigenvalue weighted by Crippen LogP contribution is -2.37. The van der Waals surface area contributed by atoms with Crippen LogP contribution in [0.1, 0.15) is 31.2 Å². The van der Waals surface area contributed by atoms with Crippen molar-refractivity contribution in [2.45, 2.75) is 38.3 Å². The molecule has 0 radical (unpaired) electrons. The Morgan fingerprint density at radius 2 is 1.92 bits per heavy atom. The molecule has 0 aromatic heterocycles. The van der Waals surface area contributed by atoms with Crippen molar-refractivity contribution in [3.63, 3.8) is 0 Å². The van der Waals surface area contributed by atoms with E-state index in [0.717, 1.165) is 35.5 Å². The minimum atomic E-state index is -0.314. The van der Waals surface area contributed by atoms with Gasteiger partial charge in [-0.1, -0.05) is 42.5 Å². The average Bonchev–Trinajstić information content (AvgIpc) is 3.13. The number of nitrogens with zero attached hydrogens (tertiary/aromatic N) is 1. The van der Waals surface area contributed by atoms with Gasteiger partial charge in [-0.15, -0.1) is 0 Å². The van der Waals surface area contributed by atoms with Crippen LogP contribution < -0.4 is 5.32 Å².